The molecule has 0 saturated carbocycles. The lowest BCUT2D eigenvalue weighted by molar-refractivity contribution is -0.149. The number of carbonyl (C=O) groups excluding carboxylic acids is 2. The molecule has 0 radical (unpaired) electrons. The zero-order valence-corrected chi connectivity index (χ0v) is 14.6. The maximum absolute atomic E-state index is 11.8. The van der Waals surface area contributed by atoms with Gasteiger partial charge in [0.25, 0.3) is 5.91 Å². The van der Waals surface area contributed by atoms with E-state index in [2.05, 4.69) is 5.32 Å². The molecule has 0 aliphatic heterocycles. The van der Waals surface area contributed by atoms with Gasteiger partial charge in [-0.25, -0.2) is 4.79 Å². The number of hydrogen-bond acceptors (Lipinski definition) is 6. The molecule has 0 fully saturated rings. The number of halogens is 1. The van der Waals surface area contributed by atoms with Crippen LogP contribution in [-0.2, 0) is 14.3 Å². The molecule has 0 saturated heterocycles. The molecule has 1 N–H and O–H groups in total. The molecule has 0 aromatic heterocycles. The summed E-state index contributed by atoms with van der Waals surface area (Å²) in [7, 11) is 1.55. The topological polar surface area (TPSA) is 97.7 Å². The fraction of sp³-hybridized carbons (Fsp3) is 0.167. The minimum absolute atomic E-state index is 0.218. The summed E-state index contributed by atoms with van der Waals surface area (Å²) in [6, 6.07) is 13.0. The third-order valence-electron chi connectivity index (χ3n) is 3.15. The first-order valence-corrected chi connectivity index (χ1v) is 7.81. The molecule has 0 bridgehead atoms. The van der Waals surface area contributed by atoms with Crippen molar-refractivity contribution in [3.05, 3.63) is 53.1 Å². The molecule has 0 aliphatic carbocycles. The molecule has 2 rings (SSSR count). The van der Waals surface area contributed by atoms with Crippen molar-refractivity contribution < 1.29 is 23.8 Å². The van der Waals surface area contributed by atoms with Crippen LogP contribution < -0.4 is 14.8 Å². The number of ether oxygens (including phenoxy) is 3. The normalized spacial score (nSPS) is 9.73. The minimum Gasteiger partial charge on any atom is -0.497 e. The summed E-state index contributed by atoms with van der Waals surface area (Å²) in [6.45, 7) is -0.801. The lowest BCUT2D eigenvalue weighted by atomic mass is 10.2. The van der Waals surface area contributed by atoms with Crippen LogP contribution in [0, 0.1) is 11.3 Å². The standard InChI is InChI=1S/C18H15ClN2O5/c1-24-14-4-6-15(7-5-14)25-11-18(23)26-10-17(22)21-13-3-2-12(9-20)16(19)8-13/h2-8H,10-11H2,1H3,(H,21,22). The van der Waals surface area contributed by atoms with Gasteiger partial charge in [-0.2, -0.15) is 5.26 Å². The molecule has 7 nitrogen and oxygen atoms in total. The average molecular weight is 375 g/mol. The SMILES string of the molecule is COc1ccc(OCC(=O)OCC(=O)Nc2ccc(C#N)c(Cl)c2)cc1. The number of carbonyl (C=O) groups is 2. The van der Waals surface area contributed by atoms with Gasteiger partial charge in [-0.15, -0.1) is 0 Å². The number of anilines is 1. The number of nitriles is 1. The summed E-state index contributed by atoms with van der Waals surface area (Å²) in [5.41, 5.74) is 0.691. The van der Waals surface area contributed by atoms with Crippen molar-refractivity contribution in [1.82, 2.24) is 0 Å². The Morgan fingerprint density at radius 3 is 2.42 bits per heavy atom. The Labute approximate surface area is 155 Å². The maximum Gasteiger partial charge on any atom is 0.344 e. The Morgan fingerprint density at radius 1 is 1.12 bits per heavy atom. The fourth-order valence-electron chi connectivity index (χ4n) is 1.88. The van der Waals surface area contributed by atoms with E-state index >= 15 is 0 Å². The van der Waals surface area contributed by atoms with E-state index in [0.29, 0.717) is 22.7 Å². The second-order valence-corrected chi connectivity index (χ2v) is 5.39. The quantitative estimate of drug-likeness (QED) is 0.748. The van der Waals surface area contributed by atoms with Crippen LogP contribution in [0.1, 0.15) is 5.56 Å². The number of nitrogens with one attached hydrogen (secondary N) is 1. The van der Waals surface area contributed by atoms with Gasteiger partial charge in [0.1, 0.15) is 17.6 Å². The highest BCUT2D eigenvalue weighted by atomic mass is 35.5. The lowest BCUT2D eigenvalue weighted by Gasteiger charge is -2.09. The van der Waals surface area contributed by atoms with Crippen LogP contribution in [-0.4, -0.2) is 32.2 Å². The number of benzene rings is 2. The van der Waals surface area contributed by atoms with Crippen molar-refractivity contribution in [2.24, 2.45) is 0 Å². The molecule has 0 spiro atoms. The molecule has 0 aliphatic rings. The molecule has 8 heteroatoms. The monoisotopic (exact) mass is 374 g/mol. The van der Waals surface area contributed by atoms with Gasteiger partial charge in [0.15, 0.2) is 13.2 Å². The summed E-state index contributed by atoms with van der Waals surface area (Å²) in [6.07, 6.45) is 0. The molecule has 2 aromatic carbocycles. The summed E-state index contributed by atoms with van der Waals surface area (Å²) < 4.78 is 15.1. The predicted molar refractivity (Wildman–Crippen MR) is 94.2 cm³/mol. The number of amides is 1. The van der Waals surface area contributed by atoms with Crippen LogP contribution >= 0.6 is 11.6 Å². The summed E-state index contributed by atoms with van der Waals surface area (Å²) in [5.74, 6) is -0.0867. The second-order valence-electron chi connectivity index (χ2n) is 4.98. The van der Waals surface area contributed by atoms with Gasteiger partial charge in [0, 0.05) is 5.69 Å². The van der Waals surface area contributed by atoms with E-state index in [9.17, 15) is 9.59 Å². The van der Waals surface area contributed by atoms with E-state index in [1.54, 1.807) is 31.4 Å². The third kappa shape index (κ3) is 5.69. The highest BCUT2D eigenvalue weighted by Crippen LogP contribution is 2.20. The van der Waals surface area contributed by atoms with Gasteiger partial charge in [-0.3, -0.25) is 4.79 Å². The number of esters is 1. The van der Waals surface area contributed by atoms with Gasteiger partial charge in [-0.05, 0) is 42.5 Å². The van der Waals surface area contributed by atoms with Gasteiger partial charge < -0.3 is 19.5 Å². The third-order valence-corrected chi connectivity index (χ3v) is 3.47. The highest BCUT2D eigenvalue weighted by Gasteiger charge is 2.10. The molecule has 2 aromatic rings. The van der Waals surface area contributed by atoms with Crippen molar-refractivity contribution in [2.45, 2.75) is 0 Å². The molecular formula is C18H15ClN2O5. The highest BCUT2D eigenvalue weighted by molar-refractivity contribution is 6.32. The Bertz CT molecular complexity index is 830. The first kappa shape index (κ1) is 19.1. The van der Waals surface area contributed by atoms with Crippen LogP contribution in [0.2, 0.25) is 5.02 Å². The molecule has 26 heavy (non-hydrogen) atoms. The zero-order valence-electron chi connectivity index (χ0n) is 13.8. The first-order valence-electron chi connectivity index (χ1n) is 7.44. The van der Waals surface area contributed by atoms with E-state index < -0.39 is 18.5 Å². The van der Waals surface area contributed by atoms with Crippen molar-refractivity contribution in [2.75, 3.05) is 25.6 Å². The van der Waals surface area contributed by atoms with Gasteiger partial charge >= 0.3 is 5.97 Å². The Hall–Kier alpha value is -3.24. The van der Waals surface area contributed by atoms with E-state index in [0.717, 1.165) is 0 Å². The average Bonchev–Trinajstić information content (AvgIpc) is 2.65. The first-order chi connectivity index (χ1) is 12.5. The maximum atomic E-state index is 11.8. The molecular weight excluding hydrogens is 360 g/mol. The van der Waals surface area contributed by atoms with Crippen molar-refractivity contribution in [3.63, 3.8) is 0 Å². The molecule has 0 atom stereocenters. The smallest absolute Gasteiger partial charge is 0.344 e. The van der Waals surface area contributed by atoms with Crippen molar-refractivity contribution in [3.8, 4) is 17.6 Å². The predicted octanol–water partition coefficient (Wildman–Crippen LogP) is 2.78. The van der Waals surface area contributed by atoms with Crippen molar-refractivity contribution in [1.29, 1.82) is 5.26 Å². The number of hydrogen-bond donors (Lipinski definition) is 1. The van der Waals surface area contributed by atoms with E-state index in [4.69, 9.17) is 31.1 Å². The number of nitrogens with zero attached hydrogens (tertiary/aromatic N) is 1. The number of rotatable bonds is 7. The van der Waals surface area contributed by atoms with Gasteiger partial charge in [-0.1, -0.05) is 11.6 Å². The van der Waals surface area contributed by atoms with Crippen LogP contribution in [0.25, 0.3) is 0 Å². The Morgan fingerprint density at radius 2 is 1.81 bits per heavy atom. The zero-order chi connectivity index (χ0) is 18.9. The van der Waals surface area contributed by atoms with E-state index in [1.807, 2.05) is 6.07 Å². The van der Waals surface area contributed by atoms with Crippen LogP contribution in [0.4, 0.5) is 5.69 Å². The van der Waals surface area contributed by atoms with Crippen LogP contribution in [0.15, 0.2) is 42.5 Å². The number of methoxy groups -OCH3 is 1. The Balaban J connectivity index is 1.75. The van der Waals surface area contributed by atoms with E-state index in [1.165, 1.54) is 18.2 Å². The molecule has 0 unspecified atom stereocenters. The van der Waals surface area contributed by atoms with E-state index in [-0.39, 0.29) is 11.6 Å². The fourth-order valence-corrected chi connectivity index (χ4v) is 2.11. The van der Waals surface area contributed by atoms with Crippen LogP contribution in [0.5, 0.6) is 11.5 Å². The summed E-state index contributed by atoms with van der Waals surface area (Å²) in [4.78, 5) is 23.4. The molecule has 0 heterocycles. The molecule has 1 amide bonds. The van der Waals surface area contributed by atoms with Crippen LogP contribution in [0.3, 0.4) is 0 Å². The van der Waals surface area contributed by atoms with Crippen molar-refractivity contribution >= 4 is 29.2 Å². The minimum atomic E-state index is -0.686. The van der Waals surface area contributed by atoms with Gasteiger partial charge in [0.05, 0.1) is 17.7 Å². The summed E-state index contributed by atoms with van der Waals surface area (Å²) >= 11 is 5.88. The van der Waals surface area contributed by atoms with Gasteiger partial charge in [0.2, 0.25) is 0 Å². The lowest BCUT2D eigenvalue weighted by Crippen LogP contribution is -2.23. The Kier molecular flexibility index (Phi) is 6.83. The largest absolute Gasteiger partial charge is 0.497 e. The molecule has 134 valence electrons. The summed E-state index contributed by atoms with van der Waals surface area (Å²) in [5, 5.41) is 11.5. The second kappa shape index (κ2) is 9.30.